The van der Waals surface area contributed by atoms with Crippen molar-refractivity contribution in [3.05, 3.63) is 28.2 Å². The highest BCUT2D eigenvalue weighted by atomic mass is 79.9. The molecule has 1 aliphatic carbocycles. The molecule has 1 saturated heterocycles. The Balaban J connectivity index is 1.85. The SMILES string of the molecule is Fc1cc(Br)cc(F)c1N1CCNC(C2CC2)C1. The molecule has 5 heteroatoms. The van der Waals surface area contributed by atoms with E-state index in [-0.39, 0.29) is 5.69 Å². The van der Waals surface area contributed by atoms with E-state index in [1.54, 1.807) is 0 Å². The standard InChI is InChI=1S/C13H15BrF2N2/c14-9-5-10(15)13(11(16)6-9)18-4-3-17-12(7-18)8-1-2-8/h5-6,8,12,17H,1-4,7H2. The second-order valence-corrected chi connectivity index (χ2v) is 5.98. The Bertz CT molecular complexity index is 439. The first-order valence-electron chi connectivity index (χ1n) is 6.28. The molecule has 0 bridgehead atoms. The molecule has 1 atom stereocenters. The minimum absolute atomic E-state index is 0.116. The summed E-state index contributed by atoms with van der Waals surface area (Å²) in [6.07, 6.45) is 2.47. The van der Waals surface area contributed by atoms with E-state index in [9.17, 15) is 8.78 Å². The highest BCUT2D eigenvalue weighted by molar-refractivity contribution is 9.10. The van der Waals surface area contributed by atoms with E-state index in [1.807, 2.05) is 4.90 Å². The van der Waals surface area contributed by atoms with Crippen LogP contribution in [0, 0.1) is 17.6 Å². The number of piperazine rings is 1. The second kappa shape index (κ2) is 4.78. The van der Waals surface area contributed by atoms with Gasteiger partial charge < -0.3 is 10.2 Å². The van der Waals surface area contributed by atoms with Gasteiger partial charge in [0.2, 0.25) is 0 Å². The molecule has 0 aromatic heterocycles. The summed E-state index contributed by atoms with van der Waals surface area (Å²) in [6.45, 7) is 2.13. The Hall–Kier alpha value is -0.680. The van der Waals surface area contributed by atoms with Gasteiger partial charge in [-0.25, -0.2) is 8.78 Å². The van der Waals surface area contributed by atoms with Gasteiger partial charge in [-0.1, -0.05) is 15.9 Å². The van der Waals surface area contributed by atoms with Crippen LogP contribution in [0.4, 0.5) is 14.5 Å². The number of halogens is 3. The van der Waals surface area contributed by atoms with Crippen LogP contribution in [0.5, 0.6) is 0 Å². The lowest BCUT2D eigenvalue weighted by Crippen LogP contribution is -2.52. The summed E-state index contributed by atoms with van der Waals surface area (Å²) in [5, 5.41) is 3.44. The Labute approximate surface area is 113 Å². The van der Waals surface area contributed by atoms with Gasteiger partial charge in [-0.05, 0) is 30.9 Å². The number of nitrogens with zero attached hydrogens (tertiary/aromatic N) is 1. The lowest BCUT2D eigenvalue weighted by molar-refractivity contribution is 0.412. The van der Waals surface area contributed by atoms with Crippen LogP contribution in [-0.4, -0.2) is 25.7 Å². The summed E-state index contributed by atoms with van der Waals surface area (Å²) in [4.78, 5) is 1.83. The van der Waals surface area contributed by atoms with Crippen LogP contribution >= 0.6 is 15.9 Å². The van der Waals surface area contributed by atoms with Gasteiger partial charge in [0.1, 0.15) is 5.69 Å². The highest BCUT2D eigenvalue weighted by Crippen LogP contribution is 2.35. The van der Waals surface area contributed by atoms with Crippen molar-refractivity contribution >= 4 is 21.6 Å². The lowest BCUT2D eigenvalue weighted by Gasteiger charge is -2.35. The Morgan fingerprint density at radius 2 is 1.89 bits per heavy atom. The molecule has 1 heterocycles. The first kappa shape index (κ1) is 12.4. The number of hydrogen-bond donors (Lipinski definition) is 1. The molecule has 18 heavy (non-hydrogen) atoms. The van der Waals surface area contributed by atoms with Crippen molar-refractivity contribution in [3.63, 3.8) is 0 Å². The van der Waals surface area contributed by atoms with Crippen molar-refractivity contribution < 1.29 is 8.78 Å². The van der Waals surface area contributed by atoms with Gasteiger partial charge >= 0.3 is 0 Å². The molecule has 1 aliphatic heterocycles. The molecule has 1 aromatic carbocycles. The van der Waals surface area contributed by atoms with Crippen LogP contribution in [0.25, 0.3) is 0 Å². The van der Waals surface area contributed by atoms with Gasteiger partial charge in [-0.3, -0.25) is 0 Å². The highest BCUT2D eigenvalue weighted by Gasteiger charge is 2.35. The molecule has 1 N–H and O–H groups in total. The molecule has 0 radical (unpaired) electrons. The van der Waals surface area contributed by atoms with E-state index in [0.717, 1.165) is 6.54 Å². The topological polar surface area (TPSA) is 15.3 Å². The number of anilines is 1. The van der Waals surface area contributed by atoms with Gasteiger partial charge in [0.25, 0.3) is 0 Å². The Kier molecular flexibility index (Phi) is 3.28. The fourth-order valence-corrected chi connectivity index (χ4v) is 3.03. The van der Waals surface area contributed by atoms with Crippen molar-refractivity contribution in [1.29, 1.82) is 0 Å². The van der Waals surface area contributed by atoms with Gasteiger partial charge in [-0.2, -0.15) is 0 Å². The van der Waals surface area contributed by atoms with E-state index in [2.05, 4.69) is 21.2 Å². The summed E-state index contributed by atoms with van der Waals surface area (Å²) in [6, 6.07) is 3.03. The zero-order valence-corrected chi connectivity index (χ0v) is 11.5. The lowest BCUT2D eigenvalue weighted by atomic mass is 10.1. The third-order valence-electron chi connectivity index (χ3n) is 3.69. The summed E-state index contributed by atoms with van der Waals surface area (Å²) in [5.41, 5.74) is 0.116. The molecule has 2 aliphatic rings. The predicted octanol–water partition coefficient (Wildman–Crippen LogP) is 2.92. The minimum Gasteiger partial charge on any atom is -0.364 e. The molecule has 0 spiro atoms. The van der Waals surface area contributed by atoms with Crippen molar-refractivity contribution in [2.75, 3.05) is 24.5 Å². The Morgan fingerprint density at radius 1 is 1.22 bits per heavy atom. The number of rotatable bonds is 2. The van der Waals surface area contributed by atoms with E-state index >= 15 is 0 Å². The first-order chi connectivity index (χ1) is 8.65. The molecular weight excluding hydrogens is 302 g/mol. The molecule has 98 valence electrons. The zero-order chi connectivity index (χ0) is 12.7. The second-order valence-electron chi connectivity index (χ2n) is 5.06. The zero-order valence-electron chi connectivity index (χ0n) is 9.93. The van der Waals surface area contributed by atoms with Crippen molar-refractivity contribution in [2.24, 2.45) is 5.92 Å². The van der Waals surface area contributed by atoms with Crippen molar-refractivity contribution in [3.8, 4) is 0 Å². The fourth-order valence-electron chi connectivity index (χ4n) is 2.63. The van der Waals surface area contributed by atoms with Gasteiger partial charge in [0.15, 0.2) is 11.6 Å². The van der Waals surface area contributed by atoms with E-state index in [0.29, 0.717) is 29.5 Å². The smallest absolute Gasteiger partial charge is 0.150 e. The maximum atomic E-state index is 13.9. The average molecular weight is 317 g/mol. The van der Waals surface area contributed by atoms with Crippen molar-refractivity contribution in [2.45, 2.75) is 18.9 Å². The van der Waals surface area contributed by atoms with E-state index < -0.39 is 11.6 Å². The third-order valence-corrected chi connectivity index (χ3v) is 4.15. The van der Waals surface area contributed by atoms with Crippen LogP contribution in [0.1, 0.15) is 12.8 Å². The predicted molar refractivity (Wildman–Crippen MR) is 70.8 cm³/mol. The molecule has 1 aromatic rings. The average Bonchev–Trinajstić information content (AvgIpc) is 3.11. The molecule has 3 rings (SSSR count). The maximum Gasteiger partial charge on any atom is 0.150 e. The van der Waals surface area contributed by atoms with Crippen LogP contribution in [0.2, 0.25) is 0 Å². The Morgan fingerprint density at radius 3 is 2.50 bits per heavy atom. The third kappa shape index (κ3) is 2.38. The maximum absolute atomic E-state index is 13.9. The van der Waals surface area contributed by atoms with Crippen LogP contribution < -0.4 is 10.2 Å². The largest absolute Gasteiger partial charge is 0.364 e. The summed E-state index contributed by atoms with van der Waals surface area (Å²) in [7, 11) is 0. The molecule has 2 nitrogen and oxygen atoms in total. The van der Waals surface area contributed by atoms with Crippen LogP contribution in [0.15, 0.2) is 16.6 Å². The van der Waals surface area contributed by atoms with Gasteiger partial charge in [-0.15, -0.1) is 0 Å². The van der Waals surface area contributed by atoms with E-state index in [4.69, 9.17) is 0 Å². The number of hydrogen-bond acceptors (Lipinski definition) is 2. The molecule has 0 amide bonds. The normalized spacial score (nSPS) is 24.4. The fraction of sp³-hybridized carbons (Fsp3) is 0.538. The quantitative estimate of drug-likeness (QED) is 0.902. The summed E-state index contributed by atoms with van der Waals surface area (Å²) < 4.78 is 28.3. The number of benzene rings is 1. The van der Waals surface area contributed by atoms with Crippen LogP contribution in [-0.2, 0) is 0 Å². The molecule has 1 unspecified atom stereocenters. The molecule has 2 fully saturated rings. The van der Waals surface area contributed by atoms with Gasteiger partial charge in [0, 0.05) is 30.1 Å². The number of nitrogens with one attached hydrogen (secondary N) is 1. The van der Waals surface area contributed by atoms with Gasteiger partial charge in [0.05, 0.1) is 0 Å². The summed E-state index contributed by atoms with van der Waals surface area (Å²) in [5.74, 6) is -0.286. The summed E-state index contributed by atoms with van der Waals surface area (Å²) >= 11 is 3.11. The molecule has 1 saturated carbocycles. The monoisotopic (exact) mass is 316 g/mol. The first-order valence-corrected chi connectivity index (χ1v) is 7.07. The van der Waals surface area contributed by atoms with Crippen molar-refractivity contribution in [1.82, 2.24) is 5.32 Å². The molecular formula is C13H15BrF2N2. The van der Waals surface area contributed by atoms with Crippen LogP contribution in [0.3, 0.4) is 0 Å². The van der Waals surface area contributed by atoms with E-state index in [1.165, 1.54) is 25.0 Å². The minimum atomic E-state index is -0.488.